The van der Waals surface area contributed by atoms with E-state index in [4.69, 9.17) is 5.73 Å². The van der Waals surface area contributed by atoms with E-state index in [0.717, 1.165) is 19.5 Å². The zero-order valence-electron chi connectivity index (χ0n) is 11.3. The molecule has 0 aromatic rings. The van der Waals surface area contributed by atoms with Gasteiger partial charge >= 0.3 is 0 Å². The first-order chi connectivity index (χ1) is 8.16. The van der Waals surface area contributed by atoms with Crippen LogP contribution in [0, 0.1) is 0 Å². The van der Waals surface area contributed by atoms with Crippen molar-refractivity contribution in [3.8, 4) is 0 Å². The Morgan fingerprint density at radius 3 is 2.50 bits per heavy atom. The lowest BCUT2D eigenvalue weighted by molar-refractivity contribution is -0.133. The highest BCUT2D eigenvalue weighted by Gasteiger charge is 2.26. The Morgan fingerprint density at radius 2 is 1.94 bits per heavy atom. The minimum Gasteiger partial charge on any atom is -0.342 e. The van der Waals surface area contributed by atoms with E-state index in [0.29, 0.717) is 12.6 Å². The van der Waals surface area contributed by atoms with E-state index in [1.807, 2.05) is 11.9 Å². The lowest BCUT2D eigenvalue weighted by atomic mass is 9.94. The maximum atomic E-state index is 12.1. The summed E-state index contributed by atoms with van der Waals surface area (Å²) in [6, 6.07) is 0.746. The van der Waals surface area contributed by atoms with Gasteiger partial charge in [0.2, 0.25) is 5.91 Å². The van der Waals surface area contributed by atoms with Crippen molar-refractivity contribution in [2.45, 2.75) is 50.6 Å². The van der Waals surface area contributed by atoms with Crippen LogP contribution in [0.4, 0.5) is 0 Å². The molecule has 0 radical (unpaired) electrons. The van der Waals surface area contributed by atoms with Crippen LogP contribution < -0.4 is 5.73 Å². The Balaban J connectivity index is 0.00000162. The number of likely N-dealkylation sites (N-methyl/N-ethyl adjacent to an activating group) is 1. The molecule has 1 aliphatic carbocycles. The fourth-order valence-corrected chi connectivity index (χ4v) is 2.98. The first-order valence-corrected chi connectivity index (χ1v) is 6.90. The third kappa shape index (κ3) is 4.11. The van der Waals surface area contributed by atoms with Gasteiger partial charge < -0.3 is 10.6 Å². The third-order valence-corrected chi connectivity index (χ3v) is 4.18. The standard InChI is InChI=1S/C13H25N3O.ClH/c1-15(12-5-3-2-4-6-12)13(17)10-16-8-7-11(14)9-16;/h11-12H,2-10,14H2,1H3;1H/t11-;/m1./s1. The second-order valence-corrected chi connectivity index (χ2v) is 5.58. The molecule has 1 atom stereocenters. The molecule has 4 nitrogen and oxygen atoms in total. The van der Waals surface area contributed by atoms with Crippen LogP contribution in [0.2, 0.25) is 0 Å². The van der Waals surface area contributed by atoms with E-state index in [1.165, 1.54) is 32.1 Å². The van der Waals surface area contributed by atoms with Gasteiger partial charge in [0.05, 0.1) is 6.54 Å². The Kier molecular flexibility index (Phi) is 6.39. The molecule has 2 N–H and O–H groups in total. The van der Waals surface area contributed by atoms with Gasteiger partial charge in [-0.25, -0.2) is 0 Å². The molecule has 0 aromatic carbocycles. The Labute approximate surface area is 116 Å². The molecular formula is C13H26ClN3O. The molecule has 18 heavy (non-hydrogen) atoms. The number of hydrogen-bond donors (Lipinski definition) is 1. The van der Waals surface area contributed by atoms with Crippen LogP contribution in [0.5, 0.6) is 0 Å². The molecule has 5 heteroatoms. The minimum absolute atomic E-state index is 0. The van der Waals surface area contributed by atoms with Crippen molar-refractivity contribution in [3.63, 3.8) is 0 Å². The fourth-order valence-electron chi connectivity index (χ4n) is 2.98. The summed E-state index contributed by atoms with van der Waals surface area (Å²) in [5, 5.41) is 0. The number of carbonyl (C=O) groups is 1. The van der Waals surface area contributed by atoms with Gasteiger partial charge in [-0.2, -0.15) is 0 Å². The van der Waals surface area contributed by atoms with E-state index in [2.05, 4.69) is 4.90 Å². The van der Waals surface area contributed by atoms with E-state index >= 15 is 0 Å². The lowest BCUT2D eigenvalue weighted by Crippen LogP contribution is -2.44. The average molecular weight is 276 g/mol. The number of rotatable bonds is 3. The smallest absolute Gasteiger partial charge is 0.236 e. The fraction of sp³-hybridized carbons (Fsp3) is 0.923. The first-order valence-electron chi connectivity index (χ1n) is 6.90. The molecule has 2 aliphatic rings. The van der Waals surface area contributed by atoms with Crippen molar-refractivity contribution < 1.29 is 4.79 Å². The Morgan fingerprint density at radius 1 is 1.28 bits per heavy atom. The summed E-state index contributed by atoms with van der Waals surface area (Å²) in [5.41, 5.74) is 5.85. The van der Waals surface area contributed by atoms with Gasteiger partial charge in [0.15, 0.2) is 0 Å². The predicted molar refractivity (Wildman–Crippen MR) is 75.9 cm³/mol. The molecule has 0 aromatic heterocycles. The SMILES string of the molecule is CN(C(=O)CN1CC[C@@H](N)C1)C1CCCCC1.Cl. The summed E-state index contributed by atoms with van der Waals surface area (Å²) in [6.07, 6.45) is 7.27. The van der Waals surface area contributed by atoms with E-state index in [-0.39, 0.29) is 24.4 Å². The van der Waals surface area contributed by atoms with Crippen LogP contribution in [0.1, 0.15) is 38.5 Å². The van der Waals surface area contributed by atoms with Crippen LogP contribution in [-0.4, -0.2) is 54.5 Å². The summed E-state index contributed by atoms with van der Waals surface area (Å²) in [7, 11) is 1.97. The first kappa shape index (κ1) is 15.7. The van der Waals surface area contributed by atoms with Crippen molar-refractivity contribution in [2.24, 2.45) is 5.73 Å². The van der Waals surface area contributed by atoms with Gasteiger partial charge in [0, 0.05) is 32.2 Å². The second kappa shape index (κ2) is 7.31. The van der Waals surface area contributed by atoms with Crippen molar-refractivity contribution in [1.82, 2.24) is 9.80 Å². The molecule has 0 unspecified atom stereocenters. The Bertz CT molecular complexity index is 269. The highest BCUT2D eigenvalue weighted by atomic mass is 35.5. The van der Waals surface area contributed by atoms with Crippen LogP contribution in [0.25, 0.3) is 0 Å². The molecule has 0 bridgehead atoms. The largest absolute Gasteiger partial charge is 0.342 e. The summed E-state index contributed by atoms with van der Waals surface area (Å²) in [6.45, 7) is 2.41. The van der Waals surface area contributed by atoms with Gasteiger partial charge in [-0.1, -0.05) is 19.3 Å². The molecule has 1 saturated carbocycles. The third-order valence-electron chi connectivity index (χ3n) is 4.18. The molecular weight excluding hydrogens is 250 g/mol. The molecule has 2 fully saturated rings. The van der Waals surface area contributed by atoms with Crippen LogP contribution in [0.15, 0.2) is 0 Å². The molecule has 1 aliphatic heterocycles. The number of nitrogens with zero attached hydrogens (tertiary/aromatic N) is 2. The van der Waals surface area contributed by atoms with Crippen molar-refractivity contribution in [3.05, 3.63) is 0 Å². The van der Waals surface area contributed by atoms with Crippen molar-refractivity contribution in [2.75, 3.05) is 26.7 Å². The zero-order valence-corrected chi connectivity index (χ0v) is 12.1. The van der Waals surface area contributed by atoms with Crippen LogP contribution in [-0.2, 0) is 4.79 Å². The maximum absolute atomic E-state index is 12.1. The molecule has 2 rings (SSSR count). The van der Waals surface area contributed by atoms with Gasteiger partial charge in [-0.05, 0) is 19.3 Å². The van der Waals surface area contributed by atoms with Crippen LogP contribution >= 0.6 is 12.4 Å². The quantitative estimate of drug-likeness (QED) is 0.843. The number of amides is 1. The summed E-state index contributed by atoms with van der Waals surface area (Å²) in [5.74, 6) is 0.269. The highest BCUT2D eigenvalue weighted by Crippen LogP contribution is 2.21. The zero-order chi connectivity index (χ0) is 12.3. The predicted octanol–water partition coefficient (Wildman–Crippen LogP) is 1.23. The highest BCUT2D eigenvalue weighted by molar-refractivity contribution is 5.85. The van der Waals surface area contributed by atoms with Crippen molar-refractivity contribution in [1.29, 1.82) is 0 Å². The molecule has 1 saturated heterocycles. The monoisotopic (exact) mass is 275 g/mol. The number of nitrogens with two attached hydrogens (primary N) is 1. The van der Waals surface area contributed by atoms with Gasteiger partial charge in [0.25, 0.3) is 0 Å². The summed E-state index contributed by atoms with van der Waals surface area (Å²) in [4.78, 5) is 16.3. The maximum Gasteiger partial charge on any atom is 0.236 e. The Hall–Kier alpha value is -0.320. The minimum atomic E-state index is 0. The topological polar surface area (TPSA) is 49.6 Å². The van der Waals surface area contributed by atoms with Gasteiger partial charge in [-0.3, -0.25) is 9.69 Å². The normalized spacial score (nSPS) is 25.8. The number of halogens is 1. The summed E-state index contributed by atoms with van der Waals surface area (Å²) < 4.78 is 0. The number of hydrogen-bond acceptors (Lipinski definition) is 3. The average Bonchev–Trinajstić information content (AvgIpc) is 2.75. The number of likely N-dealkylation sites (tertiary alicyclic amines) is 1. The van der Waals surface area contributed by atoms with Crippen LogP contribution in [0.3, 0.4) is 0 Å². The van der Waals surface area contributed by atoms with Gasteiger partial charge in [-0.15, -0.1) is 12.4 Å². The lowest BCUT2D eigenvalue weighted by Gasteiger charge is -2.32. The molecule has 1 amide bonds. The van der Waals surface area contributed by atoms with Gasteiger partial charge in [0.1, 0.15) is 0 Å². The molecule has 0 spiro atoms. The van der Waals surface area contributed by atoms with E-state index in [9.17, 15) is 4.79 Å². The molecule has 106 valence electrons. The summed E-state index contributed by atoms with van der Waals surface area (Å²) >= 11 is 0. The molecule has 1 heterocycles. The number of carbonyl (C=O) groups excluding carboxylic acids is 1. The van der Waals surface area contributed by atoms with E-state index in [1.54, 1.807) is 0 Å². The van der Waals surface area contributed by atoms with Crippen molar-refractivity contribution >= 4 is 18.3 Å². The second-order valence-electron chi connectivity index (χ2n) is 5.58. The van der Waals surface area contributed by atoms with E-state index < -0.39 is 0 Å².